The average Bonchev–Trinajstić information content (AvgIpc) is 3.22. The second-order valence-electron chi connectivity index (χ2n) is 6.94. The molecule has 0 fully saturated rings. The van der Waals surface area contributed by atoms with Crippen LogP contribution in [0.4, 0.5) is 4.39 Å². The molecule has 0 radical (unpaired) electrons. The summed E-state index contributed by atoms with van der Waals surface area (Å²) in [6, 6.07) is 9.00. The van der Waals surface area contributed by atoms with Gasteiger partial charge in [0.05, 0.1) is 16.8 Å². The van der Waals surface area contributed by atoms with E-state index in [2.05, 4.69) is 10.4 Å². The van der Waals surface area contributed by atoms with E-state index in [0.29, 0.717) is 23.4 Å². The Morgan fingerprint density at radius 2 is 2.07 bits per heavy atom. The van der Waals surface area contributed by atoms with Crippen LogP contribution in [0.25, 0.3) is 11.3 Å². The monoisotopic (exact) mass is 400 g/mol. The first-order valence-electron chi connectivity index (χ1n) is 9.17. The molecule has 0 spiro atoms. The van der Waals surface area contributed by atoms with Crippen molar-refractivity contribution in [2.45, 2.75) is 33.0 Å². The molecule has 0 aliphatic rings. The van der Waals surface area contributed by atoms with Crippen molar-refractivity contribution in [2.75, 3.05) is 6.54 Å². The van der Waals surface area contributed by atoms with E-state index in [1.165, 1.54) is 11.3 Å². The van der Waals surface area contributed by atoms with E-state index < -0.39 is 6.67 Å². The van der Waals surface area contributed by atoms with Crippen molar-refractivity contribution in [1.82, 2.24) is 15.1 Å². The van der Waals surface area contributed by atoms with Crippen LogP contribution in [0.15, 0.2) is 36.5 Å². The molecule has 28 heavy (non-hydrogen) atoms. The number of thiophene rings is 1. The Morgan fingerprint density at radius 1 is 1.32 bits per heavy atom. The lowest BCUT2D eigenvalue weighted by Crippen LogP contribution is -2.41. The Hall–Kier alpha value is -2.51. The highest BCUT2D eigenvalue weighted by Crippen LogP contribution is 2.32. The number of nitrogens with zero attached hydrogens (tertiary/aromatic N) is 2. The maximum absolute atomic E-state index is 12.9. The van der Waals surface area contributed by atoms with Gasteiger partial charge in [0, 0.05) is 30.1 Å². The molecule has 3 aromatic rings. The highest BCUT2D eigenvalue weighted by molar-refractivity contribution is 7.14. The number of carbonyl (C=O) groups is 1. The zero-order chi connectivity index (χ0) is 20.3. The van der Waals surface area contributed by atoms with E-state index in [4.69, 9.17) is 5.73 Å². The van der Waals surface area contributed by atoms with E-state index in [-0.39, 0.29) is 11.9 Å². The van der Waals surface area contributed by atoms with E-state index >= 15 is 0 Å². The normalized spacial score (nSPS) is 12.2. The molecule has 3 N–H and O–H groups in total. The molecular weight excluding hydrogens is 375 g/mol. The summed E-state index contributed by atoms with van der Waals surface area (Å²) in [7, 11) is 1.90. The largest absolute Gasteiger partial charge is 0.347 e. The number of rotatable bonds is 7. The highest BCUT2D eigenvalue weighted by Gasteiger charge is 2.19. The Kier molecular flexibility index (Phi) is 6.26. The lowest BCUT2D eigenvalue weighted by Gasteiger charge is -2.16. The van der Waals surface area contributed by atoms with Crippen LogP contribution in [0.1, 0.15) is 31.2 Å². The molecule has 0 aliphatic carbocycles. The second kappa shape index (κ2) is 8.67. The number of alkyl halides is 1. The van der Waals surface area contributed by atoms with Gasteiger partial charge in [-0.1, -0.05) is 24.3 Å². The van der Waals surface area contributed by atoms with Crippen molar-refractivity contribution in [2.24, 2.45) is 12.8 Å². The molecule has 2 aromatic heterocycles. The van der Waals surface area contributed by atoms with E-state index in [1.54, 1.807) is 6.07 Å². The van der Waals surface area contributed by atoms with Gasteiger partial charge in [0.15, 0.2) is 0 Å². The molecule has 3 rings (SSSR count). The molecule has 0 saturated heterocycles. The topological polar surface area (TPSA) is 72.9 Å². The van der Waals surface area contributed by atoms with Crippen LogP contribution in [0.2, 0.25) is 0 Å². The number of halogens is 1. The zero-order valence-corrected chi connectivity index (χ0v) is 17.1. The van der Waals surface area contributed by atoms with Crippen molar-refractivity contribution < 1.29 is 9.18 Å². The van der Waals surface area contributed by atoms with Crippen molar-refractivity contribution in [3.05, 3.63) is 63.0 Å². The summed E-state index contributed by atoms with van der Waals surface area (Å²) in [5.74, 6) is -0.142. The number of amides is 1. The second-order valence-corrected chi connectivity index (χ2v) is 8.20. The van der Waals surface area contributed by atoms with Gasteiger partial charge in [-0.25, -0.2) is 4.39 Å². The number of nitrogens with two attached hydrogens (primary N) is 1. The summed E-state index contributed by atoms with van der Waals surface area (Å²) in [5.41, 5.74) is 10.6. The Morgan fingerprint density at radius 3 is 2.71 bits per heavy atom. The fourth-order valence-electron chi connectivity index (χ4n) is 3.34. The van der Waals surface area contributed by atoms with Crippen LogP contribution in [-0.4, -0.2) is 28.3 Å². The predicted octanol–water partition coefficient (Wildman–Crippen LogP) is 3.53. The molecule has 0 saturated carbocycles. The molecule has 2 heterocycles. The number of nitrogens with one attached hydrogen (secondary N) is 1. The number of carbonyl (C=O) groups excluding carboxylic acids is 1. The summed E-state index contributed by atoms with van der Waals surface area (Å²) in [4.78, 5) is 14.5. The fraction of sp³-hybridized carbons (Fsp3) is 0.333. The number of aromatic nitrogens is 2. The standard InChI is InChI=1S/C21H25FN4OS/c1-13-12-24-26(3)20(13)18-9-19(28-14(18)2)21(27)25-17(11-23)8-15-5-4-6-16(7-15)10-22/h4-7,9,12,17H,8,10-11,23H2,1-3H3,(H,25,27)/t17-/m0/s1. The Bertz CT molecular complexity index is 959. The van der Waals surface area contributed by atoms with Gasteiger partial charge in [-0.05, 0) is 43.0 Å². The number of hydrogen-bond acceptors (Lipinski definition) is 4. The van der Waals surface area contributed by atoms with Crippen LogP contribution in [0.5, 0.6) is 0 Å². The van der Waals surface area contributed by atoms with Gasteiger partial charge in [0.2, 0.25) is 0 Å². The summed E-state index contributed by atoms with van der Waals surface area (Å²) < 4.78 is 14.7. The third-order valence-electron chi connectivity index (χ3n) is 4.77. The van der Waals surface area contributed by atoms with Crippen molar-refractivity contribution in [1.29, 1.82) is 0 Å². The van der Waals surface area contributed by atoms with E-state index in [1.807, 2.05) is 56.0 Å². The molecule has 0 unspecified atom stereocenters. The first kappa shape index (κ1) is 20.2. The number of hydrogen-bond donors (Lipinski definition) is 2. The minimum absolute atomic E-state index is 0.142. The first-order valence-corrected chi connectivity index (χ1v) is 9.98. The highest BCUT2D eigenvalue weighted by atomic mass is 32.1. The molecule has 1 amide bonds. The van der Waals surface area contributed by atoms with Crippen LogP contribution in [-0.2, 0) is 20.1 Å². The van der Waals surface area contributed by atoms with Crippen LogP contribution in [0, 0.1) is 13.8 Å². The SMILES string of the molecule is Cc1cnn(C)c1-c1cc(C(=O)N[C@H](CN)Cc2cccc(CF)c2)sc1C. The van der Waals surface area contributed by atoms with Gasteiger partial charge in [-0.15, -0.1) is 11.3 Å². The van der Waals surface area contributed by atoms with Gasteiger partial charge >= 0.3 is 0 Å². The quantitative estimate of drug-likeness (QED) is 0.637. The van der Waals surface area contributed by atoms with Crippen molar-refractivity contribution >= 4 is 17.2 Å². The molecule has 1 atom stereocenters. The maximum atomic E-state index is 12.9. The summed E-state index contributed by atoms with van der Waals surface area (Å²) in [5, 5.41) is 7.30. The number of benzene rings is 1. The molecule has 5 nitrogen and oxygen atoms in total. The third kappa shape index (κ3) is 4.31. The third-order valence-corrected chi connectivity index (χ3v) is 5.82. The zero-order valence-electron chi connectivity index (χ0n) is 16.3. The Labute approximate surface area is 168 Å². The molecular formula is C21H25FN4OS. The first-order chi connectivity index (χ1) is 13.4. The van der Waals surface area contributed by atoms with Crippen molar-refractivity contribution in [3.8, 4) is 11.3 Å². The molecule has 1 aromatic carbocycles. The molecule has 7 heteroatoms. The molecule has 0 aliphatic heterocycles. The van der Waals surface area contributed by atoms with Gasteiger partial charge in [-0.2, -0.15) is 5.10 Å². The lowest BCUT2D eigenvalue weighted by molar-refractivity contribution is 0.0942. The summed E-state index contributed by atoms with van der Waals surface area (Å²) in [6.45, 7) is 3.82. The Balaban J connectivity index is 1.75. The number of aryl methyl sites for hydroxylation is 3. The maximum Gasteiger partial charge on any atom is 0.261 e. The van der Waals surface area contributed by atoms with Gasteiger partial charge in [0.25, 0.3) is 5.91 Å². The molecule has 148 valence electrons. The summed E-state index contributed by atoms with van der Waals surface area (Å²) >= 11 is 1.46. The van der Waals surface area contributed by atoms with Crippen molar-refractivity contribution in [3.63, 3.8) is 0 Å². The van der Waals surface area contributed by atoms with Crippen LogP contribution >= 0.6 is 11.3 Å². The van der Waals surface area contributed by atoms with Gasteiger partial charge in [0.1, 0.15) is 6.67 Å². The smallest absolute Gasteiger partial charge is 0.261 e. The minimum atomic E-state index is -0.502. The van der Waals surface area contributed by atoms with E-state index in [9.17, 15) is 9.18 Å². The van der Waals surface area contributed by atoms with Crippen LogP contribution in [0.3, 0.4) is 0 Å². The summed E-state index contributed by atoms with van der Waals surface area (Å²) in [6.07, 6.45) is 2.39. The fourth-order valence-corrected chi connectivity index (χ4v) is 4.26. The van der Waals surface area contributed by atoms with Gasteiger partial charge in [-0.3, -0.25) is 9.48 Å². The lowest BCUT2D eigenvalue weighted by atomic mass is 10.0. The minimum Gasteiger partial charge on any atom is -0.347 e. The van der Waals surface area contributed by atoms with E-state index in [0.717, 1.165) is 27.3 Å². The van der Waals surface area contributed by atoms with Gasteiger partial charge < -0.3 is 11.1 Å². The van der Waals surface area contributed by atoms with Crippen LogP contribution < -0.4 is 11.1 Å². The molecule has 0 bridgehead atoms. The average molecular weight is 401 g/mol. The predicted molar refractivity (Wildman–Crippen MR) is 111 cm³/mol.